The van der Waals surface area contributed by atoms with Crippen molar-refractivity contribution < 1.29 is 18.7 Å². The molecule has 6 nitrogen and oxygen atoms in total. The third-order valence-electron chi connectivity index (χ3n) is 4.32. The summed E-state index contributed by atoms with van der Waals surface area (Å²) in [6.45, 7) is 4.35. The zero-order chi connectivity index (χ0) is 18.0. The number of carbonyl (C=O) groups is 1. The lowest BCUT2D eigenvalue weighted by Gasteiger charge is -2.25. The molecule has 0 unspecified atom stereocenters. The Hall–Kier alpha value is -2.25. The van der Waals surface area contributed by atoms with Crippen LogP contribution in [0.2, 0.25) is 0 Å². The second-order valence-corrected chi connectivity index (χ2v) is 6.30. The summed E-state index contributed by atoms with van der Waals surface area (Å²) in [5.74, 6) is -0.620. The van der Waals surface area contributed by atoms with Crippen LogP contribution < -0.4 is 5.32 Å². The normalized spacial score (nSPS) is 19.5. The summed E-state index contributed by atoms with van der Waals surface area (Å²) in [4.78, 5) is 12.5. The molecule has 7 heteroatoms. The summed E-state index contributed by atoms with van der Waals surface area (Å²) in [5.41, 5.74) is 3.29. The minimum absolute atomic E-state index is 0.0362. The first-order valence-corrected chi connectivity index (χ1v) is 8.26. The lowest BCUT2D eigenvalue weighted by Crippen LogP contribution is -2.27. The number of fused-ring (bicyclic) bond motifs is 1. The van der Waals surface area contributed by atoms with Crippen LogP contribution in [0.15, 0.2) is 18.2 Å². The molecular weight excluding hydrogens is 325 g/mol. The highest BCUT2D eigenvalue weighted by atomic mass is 19.1. The van der Waals surface area contributed by atoms with E-state index in [1.807, 2.05) is 13.8 Å². The quantitative estimate of drug-likeness (QED) is 0.872. The number of rotatable bonds is 5. The Balaban J connectivity index is 1.69. The van der Waals surface area contributed by atoms with Crippen LogP contribution in [0.25, 0.3) is 0 Å². The molecule has 0 fully saturated rings. The molecule has 134 valence electrons. The van der Waals surface area contributed by atoms with Gasteiger partial charge in [0.1, 0.15) is 5.82 Å². The van der Waals surface area contributed by atoms with Crippen molar-refractivity contribution in [3.63, 3.8) is 0 Å². The van der Waals surface area contributed by atoms with Gasteiger partial charge in [-0.15, -0.1) is 0 Å². The molecule has 2 aromatic rings. The Kier molecular flexibility index (Phi) is 5.15. The number of halogens is 1. The highest BCUT2D eigenvalue weighted by molar-refractivity contribution is 5.94. The number of hydrogen-bond acceptors (Lipinski definition) is 4. The number of carbonyl (C=O) groups excluding carboxylic acids is 1. The second kappa shape index (κ2) is 7.33. The molecule has 0 bridgehead atoms. The number of benzene rings is 1. The highest BCUT2D eigenvalue weighted by Crippen LogP contribution is 2.30. The van der Waals surface area contributed by atoms with Gasteiger partial charge in [-0.25, -0.2) is 4.39 Å². The van der Waals surface area contributed by atoms with E-state index in [0.717, 1.165) is 11.3 Å². The predicted octanol–water partition coefficient (Wildman–Crippen LogP) is 2.65. The van der Waals surface area contributed by atoms with Crippen molar-refractivity contribution in [2.45, 2.75) is 45.6 Å². The van der Waals surface area contributed by atoms with E-state index in [0.29, 0.717) is 23.2 Å². The molecule has 1 aliphatic rings. The average Bonchev–Trinajstić information content (AvgIpc) is 2.99. The molecule has 1 amide bonds. The monoisotopic (exact) mass is 347 g/mol. The lowest BCUT2D eigenvalue weighted by atomic mass is 9.99. The van der Waals surface area contributed by atoms with Gasteiger partial charge < -0.3 is 14.8 Å². The first-order valence-electron chi connectivity index (χ1n) is 8.26. The maximum Gasteiger partial charge on any atom is 0.272 e. The van der Waals surface area contributed by atoms with Crippen molar-refractivity contribution in [2.75, 3.05) is 7.11 Å². The number of ether oxygens (including phenoxy) is 2. The maximum absolute atomic E-state index is 13.9. The van der Waals surface area contributed by atoms with E-state index < -0.39 is 0 Å². The number of nitrogens with one attached hydrogen (secondary N) is 2. The SMILES string of the molecule is COCc1ccc(CNC(=O)c2n[nH]c3c2C[C@H](C)O[C@@H]3C)cc1F. The smallest absolute Gasteiger partial charge is 0.272 e. The fourth-order valence-corrected chi connectivity index (χ4v) is 3.10. The molecule has 2 N–H and O–H groups in total. The van der Waals surface area contributed by atoms with E-state index in [1.165, 1.54) is 13.2 Å². The summed E-state index contributed by atoms with van der Waals surface area (Å²) in [7, 11) is 1.52. The Labute approximate surface area is 145 Å². The summed E-state index contributed by atoms with van der Waals surface area (Å²) in [6.07, 6.45) is 0.559. The molecule has 25 heavy (non-hydrogen) atoms. The van der Waals surface area contributed by atoms with Gasteiger partial charge in [0.05, 0.1) is 24.5 Å². The number of hydrogen-bond donors (Lipinski definition) is 2. The fourth-order valence-electron chi connectivity index (χ4n) is 3.10. The first kappa shape index (κ1) is 17.6. The topological polar surface area (TPSA) is 76.2 Å². The van der Waals surface area contributed by atoms with Crippen molar-refractivity contribution in [1.29, 1.82) is 0 Å². The third-order valence-corrected chi connectivity index (χ3v) is 4.32. The number of H-pyrrole nitrogens is 1. The van der Waals surface area contributed by atoms with Crippen LogP contribution in [0.1, 0.15) is 52.8 Å². The van der Waals surface area contributed by atoms with Crippen molar-refractivity contribution in [3.05, 3.63) is 52.1 Å². The Bertz CT molecular complexity index is 775. The highest BCUT2D eigenvalue weighted by Gasteiger charge is 2.29. The molecule has 1 aliphatic heterocycles. The number of aromatic nitrogens is 2. The Morgan fingerprint density at radius 2 is 2.28 bits per heavy atom. The average molecular weight is 347 g/mol. The van der Waals surface area contributed by atoms with Crippen LogP contribution in [0.3, 0.4) is 0 Å². The van der Waals surface area contributed by atoms with Crippen molar-refractivity contribution in [3.8, 4) is 0 Å². The molecule has 0 radical (unpaired) electrons. The van der Waals surface area contributed by atoms with Gasteiger partial charge in [-0.3, -0.25) is 9.89 Å². The van der Waals surface area contributed by atoms with Crippen LogP contribution in [0.5, 0.6) is 0 Å². The molecule has 0 saturated heterocycles. The maximum atomic E-state index is 13.9. The summed E-state index contributed by atoms with van der Waals surface area (Å²) in [5, 5.41) is 9.84. The number of nitrogens with zero attached hydrogens (tertiary/aromatic N) is 1. The largest absolute Gasteiger partial charge is 0.380 e. The standard InChI is InChI=1S/C18H22FN3O3/c1-10-6-14-16(11(2)25-10)21-22-17(14)18(23)20-8-12-4-5-13(9-24-3)15(19)7-12/h4-5,7,10-11H,6,8-9H2,1-3H3,(H,20,23)(H,21,22)/t10-,11+/m0/s1. The van der Waals surface area contributed by atoms with Crippen LogP contribution in [-0.2, 0) is 29.0 Å². The molecule has 1 aromatic carbocycles. The first-order chi connectivity index (χ1) is 12.0. The van der Waals surface area contributed by atoms with E-state index in [1.54, 1.807) is 12.1 Å². The van der Waals surface area contributed by atoms with E-state index >= 15 is 0 Å². The van der Waals surface area contributed by atoms with Gasteiger partial charge >= 0.3 is 0 Å². The van der Waals surface area contributed by atoms with E-state index in [-0.39, 0.29) is 37.1 Å². The summed E-state index contributed by atoms with van der Waals surface area (Å²) < 4.78 is 24.6. The van der Waals surface area contributed by atoms with Gasteiger partial charge in [0.2, 0.25) is 0 Å². The van der Waals surface area contributed by atoms with Crippen LogP contribution in [0, 0.1) is 5.82 Å². The van der Waals surface area contributed by atoms with Gasteiger partial charge in [0, 0.05) is 31.2 Å². The number of methoxy groups -OCH3 is 1. The minimum Gasteiger partial charge on any atom is -0.380 e. The van der Waals surface area contributed by atoms with Crippen LogP contribution in [-0.4, -0.2) is 29.3 Å². The van der Waals surface area contributed by atoms with Crippen LogP contribution in [0.4, 0.5) is 4.39 Å². The summed E-state index contributed by atoms with van der Waals surface area (Å²) in [6, 6.07) is 4.85. The minimum atomic E-state index is -0.342. The van der Waals surface area contributed by atoms with Crippen LogP contribution >= 0.6 is 0 Å². The summed E-state index contributed by atoms with van der Waals surface area (Å²) >= 11 is 0. The van der Waals surface area contributed by atoms with Crippen molar-refractivity contribution >= 4 is 5.91 Å². The van der Waals surface area contributed by atoms with Crippen molar-refractivity contribution in [1.82, 2.24) is 15.5 Å². The van der Waals surface area contributed by atoms with Gasteiger partial charge in [-0.1, -0.05) is 12.1 Å². The fraction of sp³-hybridized carbons (Fsp3) is 0.444. The van der Waals surface area contributed by atoms with Gasteiger partial charge in [-0.05, 0) is 25.5 Å². The third kappa shape index (κ3) is 3.72. The Morgan fingerprint density at radius 3 is 3.00 bits per heavy atom. The van der Waals surface area contributed by atoms with E-state index in [4.69, 9.17) is 9.47 Å². The molecule has 0 aliphatic carbocycles. The van der Waals surface area contributed by atoms with Crippen molar-refractivity contribution in [2.24, 2.45) is 0 Å². The van der Waals surface area contributed by atoms with Gasteiger partial charge in [0.25, 0.3) is 5.91 Å². The molecule has 3 rings (SSSR count). The Morgan fingerprint density at radius 1 is 1.48 bits per heavy atom. The molecule has 0 saturated carbocycles. The van der Waals surface area contributed by atoms with E-state index in [2.05, 4.69) is 15.5 Å². The molecule has 0 spiro atoms. The number of amides is 1. The predicted molar refractivity (Wildman–Crippen MR) is 89.5 cm³/mol. The molecule has 2 heterocycles. The molecule has 1 aromatic heterocycles. The lowest BCUT2D eigenvalue weighted by molar-refractivity contribution is -0.00697. The molecular formula is C18H22FN3O3. The zero-order valence-corrected chi connectivity index (χ0v) is 14.6. The second-order valence-electron chi connectivity index (χ2n) is 6.30. The number of aromatic amines is 1. The van der Waals surface area contributed by atoms with Gasteiger partial charge in [0.15, 0.2) is 5.69 Å². The van der Waals surface area contributed by atoms with Gasteiger partial charge in [-0.2, -0.15) is 5.10 Å². The zero-order valence-electron chi connectivity index (χ0n) is 14.6. The molecule has 2 atom stereocenters. The van der Waals surface area contributed by atoms with E-state index in [9.17, 15) is 9.18 Å².